The van der Waals surface area contributed by atoms with Gasteiger partial charge in [0.05, 0.1) is 0 Å². The van der Waals surface area contributed by atoms with Crippen LogP contribution >= 0.6 is 0 Å². The lowest BCUT2D eigenvalue weighted by Gasteiger charge is -2.05. The van der Waals surface area contributed by atoms with Gasteiger partial charge < -0.3 is 10.4 Å². The van der Waals surface area contributed by atoms with Crippen molar-refractivity contribution in [2.75, 3.05) is 6.54 Å². The molecule has 1 aromatic heterocycles. The van der Waals surface area contributed by atoms with Gasteiger partial charge in [-0.05, 0) is 31.0 Å². The molecular formula is C14H18N4O3. The molecular weight excluding hydrogens is 272 g/mol. The molecule has 1 aromatic carbocycles. The number of carbonyl (C=O) groups is 2. The number of carboxylic acids is 1. The summed E-state index contributed by atoms with van der Waals surface area (Å²) >= 11 is 0. The van der Waals surface area contributed by atoms with E-state index in [1.165, 1.54) is 0 Å². The Hall–Kier alpha value is -2.44. The van der Waals surface area contributed by atoms with E-state index >= 15 is 0 Å². The molecule has 21 heavy (non-hydrogen) atoms. The third-order valence-electron chi connectivity index (χ3n) is 3.18. The van der Waals surface area contributed by atoms with Crippen LogP contribution in [0.2, 0.25) is 0 Å². The molecule has 0 fully saturated rings. The molecule has 0 unspecified atom stereocenters. The van der Waals surface area contributed by atoms with E-state index in [1.807, 2.05) is 0 Å². The normalized spacial score (nSPS) is 10.7. The Balaban J connectivity index is 1.68. The number of carbonyl (C=O) groups excluding carboxylic acids is 1. The van der Waals surface area contributed by atoms with Gasteiger partial charge in [-0.25, -0.2) is 0 Å². The van der Waals surface area contributed by atoms with E-state index in [4.69, 9.17) is 5.11 Å². The maximum Gasteiger partial charge on any atom is 0.303 e. The van der Waals surface area contributed by atoms with Gasteiger partial charge in [0.25, 0.3) is 5.91 Å². The summed E-state index contributed by atoms with van der Waals surface area (Å²) in [7, 11) is 0. The highest BCUT2D eigenvalue weighted by molar-refractivity contribution is 5.97. The molecule has 2 rings (SSSR count). The second kappa shape index (κ2) is 7.37. The Morgan fingerprint density at radius 3 is 2.67 bits per heavy atom. The number of aromatic amines is 1. The molecule has 0 saturated heterocycles. The minimum Gasteiger partial charge on any atom is -0.481 e. The van der Waals surface area contributed by atoms with Crippen molar-refractivity contribution in [3.63, 3.8) is 0 Å². The molecule has 0 aliphatic rings. The summed E-state index contributed by atoms with van der Waals surface area (Å²) in [5, 5.41) is 21.7. The zero-order chi connectivity index (χ0) is 15.1. The zero-order valence-electron chi connectivity index (χ0n) is 11.6. The molecule has 7 nitrogen and oxygen atoms in total. The molecule has 112 valence electrons. The quantitative estimate of drug-likeness (QED) is 0.641. The first kappa shape index (κ1) is 15.0. The molecule has 0 bridgehead atoms. The molecule has 1 heterocycles. The van der Waals surface area contributed by atoms with Crippen LogP contribution in [0.4, 0.5) is 0 Å². The van der Waals surface area contributed by atoms with Gasteiger partial charge in [0.1, 0.15) is 11.0 Å². The molecule has 0 spiro atoms. The van der Waals surface area contributed by atoms with Gasteiger partial charge in [-0.15, -0.1) is 0 Å². The molecule has 7 heteroatoms. The van der Waals surface area contributed by atoms with Crippen LogP contribution < -0.4 is 5.32 Å². The van der Waals surface area contributed by atoms with Crippen LogP contribution in [0.3, 0.4) is 0 Å². The summed E-state index contributed by atoms with van der Waals surface area (Å²) in [6.45, 7) is 0.586. The van der Waals surface area contributed by atoms with Gasteiger partial charge in [0.2, 0.25) is 0 Å². The van der Waals surface area contributed by atoms with Crippen molar-refractivity contribution >= 4 is 22.9 Å². The number of nitrogens with one attached hydrogen (secondary N) is 2. The highest BCUT2D eigenvalue weighted by atomic mass is 16.4. The molecule has 0 saturated carbocycles. The first-order valence-electron chi connectivity index (χ1n) is 6.97. The second-order valence-corrected chi connectivity index (χ2v) is 4.84. The maximum atomic E-state index is 11.9. The Morgan fingerprint density at radius 1 is 1.10 bits per heavy atom. The van der Waals surface area contributed by atoms with E-state index in [-0.39, 0.29) is 12.3 Å². The topological polar surface area (TPSA) is 108 Å². The number of aliphatic carboxylic acids is 1. The lowest BCUT2D eigenvalue weighted by molar-refractivity contribution is -0.137. The average molecular weight is 290 g/mol. The van der Waals surface area contributed by atoms with Crippen LogP contribution in [0.5, 0.6) is 0 Å². The first-order valence-corrected chi connectivity index (χ1v) is 6.97. The number of hydrogen-bond acceptors (Lipinski definition) is 4. The van der Waals surface area contributed by atoms with Crippen LogP contribution in [0.25, 0.3) is 11.0 Å². The summed E-state index contributed by atoms with van der Waals surface area (Å²) in [6.07, 6.45) is 3.52. The van der Waals surface area contributed by atoms with Gasteiger partial charge in [-0.1, -0.05) is 12.8 Å². The molecule has 1 amide bonds. The van der Waals surface area contributed by atoms with E-state index in [0.717, 1.165) is 24.8 Å². The van der Waals surface area contributed by atoms with Crippen LogP contribution in [-0.2, 0) is 4.79 Å². The predicted molar refractivity (Wildman–Crippen MR) is 76.9 cm³/mol. The number of unbranched alkanes of at least 4 members (excludes halogenated alkanes) is 3. The number of fused-ring (bicyclic) bond motifs is 1. The molecule has 2 aromatic rings. The van der Waals surface area contributed by atoms with Crippen molar-refractivity contribution in [2.45, 2.75) is 32.1 Å². The number of benzene rings is 1. The van der Waals surface area contributed by atoms with E-state index < -0.39 is 5.97 Å². The minimum atomic E-state index is -0.758. The van der Waals surface area contributed by atoms with Crippen LogP contribution in [-0.4, -0.2) is 38.9 Å². The van der Waals surface area contributed by atoms with Gasteiger partial charge >= 0.3 is 5.97 Å². The van der Waals surface area contributed by atoms with Crippen molar-refractivity contribution in [1.29, 1.82) is 0 Å². The average Bonchev–Trinajstić information content (AvgIpc) is 2.93. The Bertz CT molecular complexity index is 623. The highest BCUT2D eigenvalue weighted by Crippen LogP contribution is 2.10. The van der Waals surface area contributed by atoms with Crippen LogP contribution in [0.15, 0.2) is 18.2 Å². The second-order valence-electron chi connectivity index (χ2n) is 4.84. The fraction of sp³-hybridized carbons (Fsp3) is 0.429. The lowest BCUT2D eigenvalue weighted by atomic mass is 10.1. The molecule has 0 radical (unpaired) electrons. The van der Waals surface area contributed by atoms with E-state index in [1.54, 1.807) is 18.2 Å². The number of aromatic nitrogens is 3. The number of H-pyrrole nitrogens is 1. The third-order valence-corrected chi connectivity index (χ3v) is 3.18. The molecule has 3 N–H and O–H groups in total. The predicted octanol–water partition coefficient (Wildman–Crippen LogP) is 1.72. The van der Waals surface area contributed by atoms with E-state index in [0.29, 0.717) is 24.0 Å². The summed E-state index contributed by atoms with van der Waals surface area (Å²) < 4.78 is 0. The SMILES string of the molecule is O=C(O)CCCCCCNC(=O)c1ccc2n[nH]nc2c1. The van der Waals surface area contributed by atoms with Crippen molar-refractivity contribution in [3.8, 4) is 0 Å². The Kier molecular flexibility index (Phi) is 5.25. The smallest absolute Gasteiger partial charge is 0.303 e. The van der Waals surface area contributed by atoms with Crippen molar-refractivity contribution < 1.29 is 14.7 Å². The highest BCUT2D eigenvalue weighted by Gasteiger charge is 2.07. The van der Waals surface area contributed by atoms with Crippen LogP contribution in [0, 0.1) is 0 Å². The summed E-state index contributed by atoms with van der Waals surface area (Å²) in [6, 6.07) is 5.16. The number of amides is 1. The zero-order valence-corrected chi connectivity index (χ0v) is 11.6. The lowest BCUT2D eigenvalue weighted by Crippen LogP contribution is -2.24. The van der Waals surface area contributed by atoms with Gasteiger partial charge in [-0.2, -0.15) is 15.4 Å². The number of carboxylic acid groups (broad SMARTS) is 1. The largest absolute Gasteiger partial charge is 0.481 e. The van der Waals surface area contributed by atoms with Gasteiger partial charge in [0.15, 0.2) is 0 Å². The Morgan fingerprint density at radius 2 is 1.86 bits per heavy atom. The third kappa shape index (κ3) is 4.55. The van der Waals surface area contributed by atoms with Crippen LogP contribution in [0.1, 0.15) is 42.5 Å². The number of hydrogen-bond donors (Lipinski definition) is 3. The molecule has 0 aliphatic carbocycles. The van der Waals surface area contributed by atoms with Crippen molar-refractivity contribution in [2.24, 2.45) is 0 Å². The monoisotopic (exact) mass is 290 g/mol. The number of rotatable bonds is 8. The number of nitrogens with zero attached hydrogens (tertiary/aromatic N) is 2. The standard InChI is InChI=1S/C14H18N4O3/c19-13(20)5-3-1-2-4-8-15-14(21)10-6-7-11-12(9-10)17-18-16-11/h6-7,9H,1-5,8H2,(H,15,21)(H,19,20)(H,16,17,18). The molecule has 0 aliphatic heterocycles. The summed E-state index contributed by atoms with van der Waals surface area (Å²) in [4.78, 5) is 22.3. The Labute approximate surface area is 121 Å². The van der Waals surface area contributed by atoms with Crippen molar-refractivity contribution in [3.05, 3.63) is 23.8 Å². The van der Waals surface area contributed by atoms with E-state index in [9.17, 15) is 9.59 Å². The molecule has 0 atom stereocenters. The van der Waals surface area contributed by atoms with Gasteiger partial charge in [0, 0.05) is 18.5 Å². The van der Waals surface area contributed by atoms with Crippen molar-refractivity contribution in [1.82, 2.24) is 20.7 Å². The summed E-state index contributed by atoms with van der Waals surface area (Å²) in [5.74, 6) is -0.892. The maximum absolute atomic E-state index is 11.9. The van der Waals surface area contributed by atoms with Gasteiger partial charge in [-0.3, -0.25) is 9.59 Å². The summed E-state index contributed by atoms with van der Waals surface area (Å²) in [5.41, 5.74) is 1.95. The minimum absolute atomic E-state index is 0.134. The van der Waals surface area contributed by atoms with E-state index in [2.05, 4.69) is 20.7 Å². The first-order chi connectivity index (χ1) is 10.2. The fourth-order valence-corrected chi connectivity index (χ4v) is 2.04. The fourth-order valence-electron chi connectivity index (χ4n) is 2.04.